The number of nitrogens with zero attached hydrogens (tertiary/aromatic N) is 3. The van der Waals surface area contributed by atoms with E-state index in [0.29, 0.717) is 0 Å². The van der Waals surface area contributed by atoms with Gasteiger partial charge in [0.25, 0.3) is 11.1 Å². The highest BCUT2D eigenvalue weighted by molar-refractivity contribution is 7.80. The molecule has 2 aliphatic rings. The second-order valence-electron chi connectivity index (χ2n) is 7.39. The maximum atomic E-state index is 14.9. The van der Waals surface area contributed by atoms with Crippen LogP contribution in [0.25, 0.3) is 0 Å². The van der Waals surface area contributed by atoms with Crippen molar-refractivity contribution in [2.24, 2.45) is 0 Å². The Bertz CT molecular complexity index is 918. The summed E-state index contributed by atoms with van der Waals surface area (Å²) in [4.78, 5) is 39.2. The van der Waals surface area contributed by atoms with Gasteiger partial charge in [-0.05, 0) is 12.2 Å². The third-order valence-corrected chi connectivity index (χ3v) is 5.51. The summed E-state index contributed by atoms with van der Waals surface area (Å²) in [5, 5.41) is 2.90. The Morgan fingerprint density at radius 3 is 2.42 bits per heavy atom. The number of benzene rings is 1. The first-order chi connectivity index (χ1) is 15.7. The summed E-state index contributed by atoms with van der Waals surface area (Å²) in [6.45, 7) is 1.94. The number of hydrogen-bond acceptors (Lipinski definition) is 8. The lowest BCUT2D eigenvalue weighted by Crippen LogP contribution is -2.50. The largest absolute Gasteiger partial charge is 0.474 e. The van der Waals surface area contributed by atoms with E-state index in [1.165, 1.54) is 23.8 Å². The van der Waals surface area contributed by atoms with Gasteiger partial charge in [-0.3, -0.25) is 14.5 Å². The zero-order valence-electron chi connectivity index (χ0n) is 18.1. The number of hydrogen-bond donors (Lipinski definition) is 1. The van der Waals surface area contributed by atoms with Gasteiger partial charge in [0.1, 0.15) is 11.8 Å². The van der Waals surface area contributed by atoms with E-state index in [1.54, 1.807) is 0 Å². The molecular formula is C20H24F2N4O6S. The first-order valence-corrected chi connectivity index (χ1v) is 10.6. The van der Waals surface area contributed by atoms with E-state index < -0.39 is 29.8 Å². The summed E-state index contributed by atoms with van der Waals surface area (Å²) in [5.74, 6) is -2.60. The van der Waals surface area contributed by atoms with E-state index >= 15 is 0 Å². The minimum Gasteiger partial charge on any atom is -0.474 e. The van der Waals surface area contributed by atoms with Crippen molar-refractivity contribution in [2.75, 3.05) is 62.8 Å². The number of nitrogens with one attached hydrogen (secondary N) is 1. The maximum absolute atomic E-state index is 14.9. The van der Waals surface area contributed by atoms with Crippen molar-refractivity contribution in [1.82, 2.24) is 10.2 Å². The van der Waals surface area contributed by atoms with Gasteiger partial charge in [0.05, 0.1) is 25.9 Å². The summed E-state index contributed by atoms with van der Waals surface area (Å²) < 4.78 is 44.5. The number of anilines is 2. The van der Waals surface area contributed by atoms with Gasteiger partial charge in [-0.1, -0.05) is 0 Å². The zero-order chi connectivity index (χ0) is 24.1. The molecule has 0 aromatic heterocycles. The van der Waals surface area contributed by atoms with Crippen LogP contribution in [0.2, 0.25) is 0 Å². The normalized spacial score (nSPS) is 18.1. The summed E-state index contributed by atoms with van der Waals surface area (Å²) >= 11 is 4.86. The third kappa shape index (κ3) is 5.97. The highest BCUT2D eigenvalue weighted by atomic mass is 32.1. The Morgan fingerprint density at radius 1 is 1.21 bits per heavy atom. The van der Waals surface area contributed by atoms with Gasteiger partial charge in [0.2, 0.25) is 0 Å². The highest BCUT2D eigenvalue weighted by Gasteiger charge is 2.34. The zero-order valence-corrected chi connectivity index (χ0v) is 19.0. The molecule has 10 nitrogen and oxygen atoms in total. The lowest BCUT2D eigenvalue weighted by Gasteiger charge is -2.36. The van der Waals surface area contributed by atoms with Gasteiger partial charge in [-0.15, -0.1) is 0 Å². The SMILES string of the molecule is COC(=S)NC[C@H]1CN(c2cc(F)c(N3CCN(C(=O)COC(C)=O)CC3)c(F)c2)C(=O)O1. The maximum Gasteiger partial charge on any atom is 0.414 e. The van der Waals surface area contributed by atoms with Crippen molar-refractivity contribution in [1.29, 1.82) is 0 Å². The predicted octanol–water partition coefficient (Wildman–Crippen LogP) is 1.02. The predicted molar refractivity (Wildman–Crippen MR) is 117 cm³/mol. The molecule has 0 aliphatic carbocycles. The van der Waals surface area contributed by atoms with Gasteiger partial charge >= 0.3 is 12.1 Å². The standard InChI is InChI=1S/C20H24F2N4O6S/c1-12(27)31-11-17(28)24-3-5-25(6-4-24)18-15(21)7-13(8-16(18)22)26-10-14(32-20(26)29)9-23-19(33)30-2/h7-8,14H,3-6,9-11H2,1-2H3,(H,23,33)/t14-/m0/s1. The van der Waals surface area contributed by atoms with Crippen LogP contribution in [0.3, 0.4) is 0 Å². The molecule has 0 bridgehead atoms. The molecule has 0 radical (unpaired) electrons. The van der Waals surface area contributed by atoms with E-state index in [-0.39, 0.29) is 68.3 Å². The summed E-state index contributed by atoms with van der Waals surface area (Å²) in [6, 6.07) is 2.15. The molecule has 2 fully saturated rings. The number of amides is 2. The Morgan fingerprint density at radius 2 is 1.85 bits per heavy atom. The number of methoxy groups -OCH3 is 1. The second-order valence-corrected chi connectivity index (χ2v) is 7.77. The average molecular weight is 486 g/mol. The number of piperazine rings is 1. The molecule has 1 aromatic rings. The number of cyclic esters (lactones) is 1. The summed E-state index contributed by atoms with van der Waals surface area (Å²) in [6.07, 6.45) is -1.30. The fourth-order valence-corrected chi connectivity index (χ4v) is 3.64. The van der Waals surface area contributed by atoms with E-state index in [0.717, 1.165) is 17.0 Å². The molecule has 2 aliphatic heterocycles. The lowest BCUT2D eigenvalue weighted by molar-refractivity contribution is -0.150. The van der Waals surface area contributed by atoms with Crippen LogP contribution in [0.5, 0.6) is 0 Å². The minimum absolute atomic E-state index is 0.0331. The van der Waals surface area contributed by atoms with Crippen molar-refractivity contribution in [3.05, 3.63) is 23.8 Å². The molecule has 33 heavy (non-hydrogen) atoms. The number of thiocarbonyl (C=S) groups is 1. The average Bonchev–Trinajstić information content (AvgIpc) is 3.16. The topological polar surface area (TPSA) is 101 Å². The molecule has 1 atom stereocenters. The minimum atomic E-state index is -0.834. The van der Waals surface area contributed by atoms with E-state index in [4.69, 9.17) is 26.4 Å². The monoisotopic (exact) mass is 486 g/mol. The third-order valence-electron chi connectivity index (χ3n) is 5.19. The molecule has 0 saturated carbocycles. The molecule has 0 unspecified atom stereocenters. The van der Waals surface area contributed by atoms with Crippen LogP contribution in [0.1, 0.15) is 6.92 Å². The Balaban J connectivity index is 1.63. The molecule has 180 valence electrons. The molecule has 1 aromatic carbocycles. The number of rotatable bonds is 6. The number of halogens is 2. The van der Waals surface area contributed by atoms with Crippen LogP contribution in [0, 0.1) is 11.6 Å². The number of carbonyl (C=O) groups is 3. The van der Waals surface area contributed by atoms with Gasteiger partial charge in [-0.25, -0.2) is 13.6 Å². The lowest BCUT2D eigenvalue weighted by atomic mass is 10.2. The highest BCUT2D eigenvalue weighted by Crippen LogP contribution is 2.31. The van der Waals surface area contributed by atoms with Crippen LogP contribution in [-0.2, 0) is 23.8 Å². The molecular weight excluding hydrogens is 462 g/mol. The van der Waals surface area contributed by atoms with Crippen molar-refractivity contribution in [3.8, 4) is 0 Å². The van der Waals surface area contributed by atoms with E-state index in [9.17, 15) is 23.2 Å². The van der Waals surface area contributed by atoms with Crippen molar-refractivity contribution >= 4 is 46.7 Å². The van der Waals surface area contributed by atoms with Gasteiger partial charge < -0.3 is 29.3 Å². The fraction of sp³-hybridized carbons (Fsp3) is 0.500. The Labute approximate surface area is 194 Å². The van der Waals surface area contributed by atoms with Crippen molar-refractivity contribution in [3.63, 3.8) is 0 Å². The summed E-state index contributed by atoms with van der Waals surface area (Å²) in [7, 11) is 1.40. The number of esters is 1. The van der Waals surface area contributed by atoms with Crippen molar-refractivity contribution < 1.29 is 37.4 Å². The first kappa shape index (κ1) is 24.4. The van der Waals surface area contributed by atoms with Gasteiger partial charge in [0, 0.05) is 45.2 Å². The number of carbonyl (C=O) groups excluding carboxylic acids is 3. The van der Waals surface area contributed by atoms with Gasteiger partial charge in [-0.2, -0.15) is 0 Å². The fourth-order valence-electron chi connectivity index (χ4n) is 3.55. The van der Waals surface area contributed by atoms with Crippen LogP contribution < -0.4 is 15.1 Å². The molecule has 2 amide bonds. The first-order valence-electron chi connectivity index (χ1n) is 10.1. The van der Waals surface area contributed by atoms with Crippen LogP contribution in [-0.4, -0.2) is 87.1 Å². The van der Waals surface area contributed by atoms with E-state index in [1.807, 2.05) is 0 Å². The molecule has 2 saturated heterocycles. The van der Waals surface area contributed by atoms with Crippen LogP contribution in [0.15, 0.2) is 12.1 Å². The van der Waals surface area contributed by atoms with Crippen LogP contribution >= 0.6 is 12.2 Å². The molecule has 3 rings (SSSR count). The Kier molecular flexibility index (Phi) is 7.84. The number of ether oxygens (including phenoxy) is 3. The van der Waals surface area contributed by atoms with Gasteiger partial charge in [0.15, 0.2) is 18.2 Å². The quantitative estimate of drug-likeness (QED) is 0.467. The summed E-state index contributed by atoms with van der Waals surface area (Å²) in [5.41, 5.74) is -0.201. The molecule has 13 heteroatoms. The second kappa shape index (κ2) is 10.6. The smallest absolute Gasteiger partial charge is 0.414 e. The molecule has 0 spiro atoms. The Hall–Kier alpha value is -3.22. The van der Waals surface area contributed by atoms with E-state index in [2.05, 4.69) is 5.32 Å². The van der Waals surface area contributed by atoms with Crippen LogP contribution in [0.4, 0.5) is 25.0 Å². The molecule has 1 N–H and O–H groups in total. The molecule has 2 heterocycles. The van der Waals surface area contributed by atoms with Crippen molar-refractivity contribution in [2.45, 2.75) is 13.0 Å².